The minimum atomic E-state index is -0.893. The van der Waals surface area contributed by atoms with Gasteiger partial charge in [-0.05, 0) is 61.7 Å². The largest absolute Gasteiger partial charge is 0.491 e. The van der Waals surface area contributed by atoms with E-state index in [-0.39, 0.29) is 30.7 Å². The number of carboxylic acids is 1. The van der Waals surface area contributed by atoms with E-state index in [2.05, 4.69) is 15.2 Å². The average molecular weight is 454 g/mol. The lowest BCUT2D eigenvalue weighted by molar-refractivity contribution is -0.137. The number of nitrogens with zero attached hydrogens (tertiary/aromatic N) is 2. The molecule has 0 spiro atoms. The molecule has 1 fully saturated rings. The number of hydrogen-bond donors (Lipinski definition) is 4. The highest BCUT2D eigenvalue weighted by molar-refractivity contribution is 5.95. The van der Waals surface area contributed by atoms with Crippen LogP contribution in [0.5, 0.6) is 5.75 Å². The predicted molar refractivity (Wildman–Crippen MR) is 124 cm³/mol. The second kappa shape index (κ2) is 12.0. The summed E-state index contributed by atoms with van der Waals surface area (Å²) in [6.07, 6.45) is 5.52. The number of nitrogen functional groups attached to an aromatic ring is 1. The van der Waals surface area contributed by atoms with Crippen LogP contribution in [0.25, 0.3) is 0 Å². The molecule has 1 saturated heterocycles. The summed E-state index contributed by atoms with van der Waals surface area (Å²) < 4.78 is 5.81. The van der Waals surface area contributed by atoms with E-state index in [1.165, 1.54) is 5.56 Å². The van der Waals surface area contributed by atoms with Gasteiger partial charge in [-0.3, -0.25) is 24.9 Å². The van der Waals surface area contributed by atoms with Crippen molar-refractivity contribution in [1.82, 2.24) is 15.2 Å². The fourth-order valence-corrected chi connectivity index (χ4v) is 3.88. The normalized spacial score (nSPS) is 14.5. The van der Waals surface area contributed by atoms with E-state index in [0.717, 1.165) is 38.0 Å². The fraction of sp³-hybridized carbons (Fsp3) is 0.417. The van der Waals surface area contributed by atoms with Gasteiger partial charge in [-0.1, -0.05) is 12.1 Å². The van der Waals surface area contributed by atoms with Crippen LogP contribution in [0.15, 0.2) is 42.7 Å². The number of likely N-dealkylation sites (tertiary alicyclic amines) is 1. The predicted octanol–water partition coefficient (Wildman–Crippen LogP) is 1.79. The molecular formula is C24H31N5O4. The number of aromatic nitrogens is 1. The van der Waals surface area contributed by atoms with Crippen LogP contribution in [0.1, 0.15) is 36.0 Å². The molecular weight excluding hydrogens is 422 g/mol. The molecule has 9 nitrogen and oxygen atoms in total. The van der Waals surface area contributed by atoms with Crippen molar-refractivity contribution in [3.05, 3.63) is 59.4 Å². The van der Waals surface area contributed by atoms with Gasteiger partial charge >= 0.3 is 5.97 Å². The van der Waals surface area contributed by atoms with Gasteiger partial charge in [-0.25, -0.2) is 0 Å². The van der Waals surface area contributed by atoms with Gasteiger partial charge in [0, 0.05) is 36.8 Å². The number of carbonyl (C=O) groups is 2. The van der Waals surface area contributed by atoms with Crippen molar-refractivity contribution < 1.29 is 19.4 Å². The molecule has 0 saturated carbocycles. The van der Waals surface area contributed by atoms with E-state index < -0.39 is 5.97 Å². The minimum Gasteiger partial charge on any atom is -0.491 e. The first-order chi connectivity index (χ1) is 15.9. The Bertz CT molecular complexity index is 959. The molecule has 0 aliphatic carbocycles. The van der Waals surface area contributed by atoms with Crippen molar-refractivity contribution in [2.24, 2.45) is 11.7 Å². The SMILES string of the molecule is N=C(N)c1ccc(CCC(=O)O)c(OCCNC(=O)C2CCN(Cc3ccncc3)CC2)c1. The summed E-state index contributed by atoms with van der Waals surface area (Å²) in [7, 11) is 0. The average Bonchev–Trinajstić information content (AvgIpc) is 2.81. The number of hydrogen-bond acceptors (Lipinski definition) is 6. The maximum absolute atomic E-state index is 12.6. The van der Waals surface area contributed by atoms with Crippen molar-refractivity contribution in [3.63, 3.8) is 0 Å². The number of amides is 1. The Labute approximate surface area is 193 Å². The molecule has 1 amide bonds. The Balaban J connectivity index is 1.43. The van der Waals surface area contributed by atoms with Crippen LogP contribution in [0.4, 0.5) is 0 Å². The van der Waals surface area contributed by atoms with Crippen molar-refractivity contribution in [2.75, 3.05) is 26.2 Å². The molecule has 0 atom stereocenters. The third-order valence-electron chi connectivity index (χ3n) is 5.76. The maximum Gasteiger partial charge on any atom is 0.303 e. The first kappa shape index (κ1) is 24.2. The molecule has 0 bridgehead atoms. The summed E-state index contributed by atoms with van der Waals surface area (Å²) in [4.78, 5) is 29.9. The maximum atomic E-state index is 12.6. The molecule has 1 aliphatic heterocycles. The second-order valence-corrected chi connectivity index (χ2v) is 8.18. The van der Waals surface area contributed by atoms with Gasteiger partial charge in [-0.2, -0.15) is 0 Å². The zero-order valence-corrected chi connectivity index (χ0v) is 18.6. The monoisotopic (exact) mass is 453 g/mol. The Morgan fingerprint density at radius 3 is 2.61 bits per heavy atom. The molecule has 1 aromatic heterocycles. The van der Waals surface area contributed by atoms with Crippen LogP contribution >= 0.6 is 0 Å². The molecule has 3 rings (SSSR count). The number of aliphatic carboxylic acids is 1. The number of pyridine rings is 1. The number of nitrogens with one attached hydrogen (secondary N) is 2. The summed E-state index contributed by atoms with van der Waals surface area (Å²) in [6, 6.07) is 9.07. The van der Waals surface area contributed by atoms with Crippen molar-refractivity contribution in [1.29, 1.82) is 5.41 Å². The van der Waals surface area contributed by atoms with Gasteiger partial charge in [0.05, 0.1) is 6.54 Å². The molecule has 1 aliphatic rings. The summed E-state index contributed by atoms with van der Waals surface area (Å²) in [6.45, 7) is 3.21. The molecule has 2 aromatic rings. The zero-order chi connectivity index (χ0) is 23.6. The Morgan fingerprint density at radius 2 is 1.94 bits per heavy atom. The topological polar surface area (TPSA) is 142 Å². The van der Waals surface area contributed by atoms with Crippen molar-refractivity contribution >= 4 is 17.7 Å². The van der Waals surface area contributed by atoms with Gasteiger partial charge in [0.25, 0.3) is 0 Å². The van der Waals surface area contributed by atoms with Gasteiger partial charge in [-0.15, -0.1) is 0 Å². The lowest BCUT2D eigenvalue weighted by atomic mass is 9.95. The van der Waals surface area contributed by atoms with E-state index in [0.29, 0.717) is 24.3 Å². The van der Waals surface area contributed by atoms with E-state index in [1.807, 2.05) is 12.1 Å². The first-order valence-electron chi connectivity index (χ1n) is 11.1. The lowest BCUT2D eigenvalue weighted by Crippen LogP contribution is -2.41. The van der Waals surface area contributed by atoms with E-state index in [1.54, 1.807) is 30.6 Å². The highest BCUT2D eigenvalue weighted by Crippen LogP contribution is 2.22. The minimum absolute atomic E-state index is 0.00846. The number of benzene rings is 1. The van der Waals surface area contributed by atoms with Crippen LogP contribution in [-0.2, 0) is 22.6 Å². The first-order valence-corrected chi connectivity index (χ1v) is 11.1. The molecule has 5 N–H and O–H groups in total. The molecule has 9 heteroatoms. The molecule has 33 heavy (non-hydrogen) atoms. The van der Waals surface area contributed by atoms with Gasteiger partial charge in [0.1, 0.15) is 18.2 Å². The van der Waals surface area contributed by atoms with Gasteiger partial charge < -0.3 is 20.9 Å². The Hall–Kier alpha value is -3.46. The summed E-state index contributed by atoms with van der Waals surface area (Å²) in [5, 5.41) is 19.5. The van der Waals surface area contributed by atoms with Crippen LogP contribution in [0.3, 0.4) is 0 Å². The number of rotatable bonds is 11. The quantitative estimate of drug-likeness (QED) is 0.231. The molecule has 2 heterocycles. The molecule has 0 unspecified atom stereocenters. The standard InChI is InChI=1S/C24H31N5O4/c25-23(26)20-2-1-18(3-4-22(30)31)21(15-20)33-14-11-28-24(32)19-7-12-29(13-8-19)16-17-5-9-27-10-6-17/h1-2,5-6,9-10,15,19H,3-4,7-8,11-14,16H2,(H3,25,26)(H,28,32)(H,30,31). The third-order valence-corrected chi connectivity index (χ3v) is 5.76. The molecule has 176 valence electrons. The fourth-order valence-electron chi connectivity index (χ4n) is 3.88. The lowest BCUT2D eigenvalue weighted by Gasteiger charge is -2.31. The summed E-state index contributed by atoms with van der Waals surface area (Å²) in [5.41, 5.74) is 8.02. The Morgan fingerprint density at radius 1 is 1.21 bits per heavy atom. The van der Waals surface area contributed by atoms with E-state index in [4.69, 9.17) is 21.0 Å². The number of carboxylic acid groups (broad SMARTS) is 1. The third kappa shape index (κ3) is 7.57. The van der Waals surface area contributed by atoms with Crippen LogP contribution in [-0.4, -0.2) is 58.9 Å². The number of aryl methyl sites for hydroxylation is 1. The number of carbonyl (C=O) groups excluding carboxylic acids is 1. The van der Waals surface area contributed by atoms with Crippen LogP contribution in [0, 0.1) is 11.3 Å². The second-order valence-electron chi connectivity index (χ2n) is 8.18. The van der Waals surface area contributed by atoms with Crippen molar-refractivity contribution in [2.45, 2.75) is 32.2 Å². The number of nitrogens with two attached hydrogens (primary N) is 1. The highest BCUT2D eigenvalue weighted by atomic mass is 16.5. The number of piperidine rings is 1. The molecule has 0 radical (unpaired) electrons. The number of amidine groups is 1. The molecule has 1 aromatic carbocycles. The number of ether oxygens (including phenoxy) is 1. The van der Waals surface area contributed by atoms with E-state index in [9.17, 15) is 9.59 Å². The Kier molecular flexibility index (Phi) is 8.77. The highest BCUT2D eigenvalue weighted by Gasteiger charge is 2.24. The summed E-state index contributed by atoms with van der Waals surface area (Å²) in [5.74, 6) is -0.469. The van der Waals surface area contributed by atoms with Gasteiger partial charge in [0.2, 0.25) is 5.91 Å². The van der Waals surface area contributed by atoms with Crippen LogP contribution < -0.4 is 15.8 Å². The summed E-state index contributed by atoms with van der Waals surface area (Å²) >= 11 is 0. The van der Waals surface area contributed by atoms with Crippen molar-refractivity contribution in [3.8, 4) is 5.75 Å². The van der Waals surface area contributed by atoms with Gasteiger partial charge in [0.15, 0.2) is 0 Å². The zero-order valence-electron chi connectivity index (χ0n) is 18.6. The smallest absolute Gasteiger partial charge is 0.303 e. The van der Waals surface area contributed by atoms with Crippen LogP contribution in [0.2, 0.25) is 0 Å². The van der Waals surface area contributed by atoms with E-state index >= 15 is 0 Å².